The van der Waals surface area contributed by atoms with Crippen LogP contribution in [0.25, 0.3) is 0 Å². The Morgan fingerprint density at radius 3 is 3.00 bits per heavy atom. The van der Waals surface area contributed by atoms with E-state index in [-0.39, 0.29) is 0 Å². The number of hydrogen-bond donors (Lipinski definition) is 1. The third-order valence-corrected chi connectivity index (χ3v) is 4.46. The Morgan fingerprint density at radius 1 is 1.60 bits per heavy atom. The third kappa shape index (κ3) is 2.22. The van der Waals surface area contributed by atoms with Gasteiger partial charge in [0, 0.05) is 23.4 Å². The molecule has 4 heteroatoms. The van der Waals surface area contributed by atoms with Crippen LogP contribution in [0.4, 0.5) is 0 Å². The van der Waals surface area contributed by atoms with Gasteiger partial charge >= 0.3 is 0 Å². The van der Waals surface area contributed by atoms with Crippen molar-refractivity contribution in [3.05, 3.63) is 15.6 Å². The van der Waals surface area contributed by atoms with Gasteiger partial charge in [0.15, 0.2) is 0 Å². The highest BCUT2D eigenvalue weighted by molar-refractivity contribution is 7.11. The van der Waals surface area contributed by atoms with E-state index in [4.69, 9.17) is 4.74 Å². The molecule has 1 saturated heterocycles. The summed E-state index contributed by atoms with van der Waals surface area (Å²) in [5.74, 6) is 0.534. The van der Waals surface area contributed by atoms with Crippen LogP contribution in [0.1, 0.15) is 40.9 Å². The molecule has 0 saturated carbocycles. The van der Waals surface area contributed by atoms with Crippen molar-refractivity contribution in [2.24, 2.45) is 0 Å². The topological polar surface area (TPSA) is 34.1 Å². The normalized spacial score (nSPS) is 23.3. The number of hydrogen-bond acceptors (Lipinski definition) is 4. The minimum absolute atomic E-state index is 0.401. The monoisotopic (exact) mass is 226 g/mol. The second kappa shape index (κ2) is 4.60. The van der Waals surface area contributed by atoms with Crippen molar-refractivity contribution in [2.45, 2.75) is 32.2 Å². The fourth-order valence-corrected chi connectivity index (χ4v) is 3.11. The molecule has 1 aliphatic heterocycles. The van der Waals surface area contributed by atoms with Crippen LogP contribution in [0.2, 0.25) is 0 Å². The highest BCUT2D eigenvalue weighted by Crippen LogP contribution is 2.33. The van der Waals surface area contributed by atoms with Crippen LogP contribution in [0.3, 0.4) is 0 Å². The van der Waals surface area contributed by atoms with Crippen LogP contribution >= 0.6 is 11.3 Å². The number of ether oxygens (including phenoxy) is 1. The first-order valence-corrected chi connectivity index (χ1v) is 6.26. The summed E-state index contributed by atoms with van der Waals surface area (Å²) in [6.07, 6.45) is 1.13. The molecule has 0 radical (unpaired) electrons. The lowest BCUT2D eigenvalue weighted by Gasteiger charge is -2.07. The molecule has 1 fully saturated rings. The maximum absolute atomic E-state index is 5.40. The molecule has 15 heavy (non-hydrogen) atoms. The third-order valence-electron chi connectivity index (χ3n) is 2.95. The largest absolute Gasteiger partial charge is 0.381 e. The van der Waals surface area contributed by atoms with Gasteiger partial charge in [-0.3, -0.25) is 0 Å². The van der Waals surface area contributed by atoms with Crippen LogP contribution in [0.15, 0.2) is 0 Å². The summed E-state index contributed by atoms with van der Waals surface area (Å²) in [7, 11) is 1.99. The number of aromatic nitrogens is 1. The maximum atomic E-state index is 5.40. The van der Waals surface area contributed by atoms with Crippen molar-refractivity contribution in [3.63, 3.8) is 0 Å². The minimum atomic E-state index is 0.401. The van der Waals surface area contributed by atoms with Crippen LogP contribution in [0, 0.1) is 6.92 Å². The number of aryl methyl sites for hydroxylation is 1. The first kappa shape index (κ1) is 11.0. The van der Waals surface area contributed by atoms with E-state index in [9.17, 15) is 0 Å². The molecule has 0 amide bonds. The maximum Gasteiger partial charge on any atom is 0.0986 e. The molecular formula is C11H18N2OS. The summed E-state index contributed by atoms with van der Waals surface area (Å²) in [6, 6.07) is 0.401. The summed E-state index contributed by atoms with van der Waals surface area (Å²) < 4.78 is 5.40. The molecule has 1 aliphatic rings. The quantitative estimate of drug-likeness (QED) is 0.858. The zero-order valence-electron chi connectivity index (χ0n) is 9.54. The lowest BCUT2D eigenvalue weighted by molar-refractivity contribution is 0.194. The van der Waals surface area contributed by atoms with Gasteiger partial charge in [0.1, 0.15) is 0 Å². The van der Waals surface area contributed by atoms with Crippen LogP contribution in [-0.2, 0) is 4.74 Å². The van der Waals surface area contributed by atoms with E-state index in [1.54, 1.807) is 0 Å². The lowest BCUT2D eigenvalue weighted by atomic mass is 10.1. The highest BCUT2D eigenvalue weighted by Gasteiger charge is 2.23. The zero-order chi connectivity index (χ0) is 10.8. The van der Waals surface area contributed by atoms with Crippen molar-refractivity contribution >= 4 is 11.3 Å². The molecular weight excluding hydrogens is 208 g/mol. The Morgan fingerprint density at radius 2 is 2.40 bits per heavy atom. The first-order valence-electron chi connectivity index (χ1n) is 5.44. The molecule has 1 aromatic heterocycles. The van der Waals surface area contributed by atoms with Gasteiger partial charge in [-0.1, -0.05) is 0 Å². The molecule has 0 spiro atoms. The Kier molecular flexibility index (Phi) is 3.38. The van der Waals surface area contributed by atoms with Gasteiger partial charge in [-0.2, -0.15) is 0 Å². The lowest BCUT2D eigenvalue weighted by Crippen LogP contribution is -2.11. The van der Waals surface area contributed by atoms with Crippen LogP contribution < -0.4 is 5.32 Å². The molecule has 2 unspecified atom stereocenters. The number of nitrogens with zero attached hydrogens (tertiary/aromatic N) is 1. The SMILES string of the molecule is CNC(C)c1sc(C2CCOC2)nc1C. The molecule has 1 N–H and O–H groups in total. The molecule has 0 aliphatic carbocycles. The second-order valence-corrected chi connectivity index (χ2v) is 5.13. The average Bonchev–Trinajstić information content (AvgIpc) is 2.84. The molecule has 0 bridgehead atoms. The number of thiazole rings is 1. The molecule has 1 aromatic rings. The number of nitrogens with one attached hydrogen (secondary N) is 1. The van der Waals surface area contributed by atoms with E-state index in [1.165, 1.54) is 15.6 Å². The summed E-state index contributed by atoms with van der Waals surface area (Å²) in [5.41, 5.74) is 1.17. The van der Waals surface area contributed by atoms with Crippen molar-refractivity contribution in [2.75, 3.05) is 20.3 Å². The van der Waals surface area contributed by atoms with E-state index < -0.39 is 0 Å². The molecule has 3 nitrogen and oxygen atoms in total. The van der Waals surface area contributed by atoms with E-state index in [0.717, 1.165) is 19.6 Å². The fourth-order valence-electron chi connectivity index (χ4n) is 1.87. The van der Waals surface area contributed by atoms with E-state index >= 15 is 0 Å². The van der Waals surface area contributed by atoms with Crippen molar-refractivity contribution in [1.82, 2.24) is 10.3 Å². The zero-order valence-corrected chi connectivity index (χ0v) is 10.4. The van der Waals surface area contributed by atoms with E-state index in [1.807, 2.05) is 18.4 Å². The summed E-state index contributed by atoms with van der Waals surface area (Å²) in [4.78, 5) is 6.02. The van der Waals surface area contributed by atoms with Crippen molar-refractivity contribution in [1.29, 1.82) is 0 Å². The van der Waals surface area contributed by atoms with Gasteiger partial charge in [-0.05, 0) is 27.3 Å². The van der Waals surface area contributed by atoms with E-state index in [2.05, 4.69) is 24.1 Å². The molecule has 2 rings (SSSR count). The van der Waals surface area contributed by atoms with Gasteiger partial charge in [0.25, 0.3) is 0 Å². The molecule has 2 atom stereocenters. The molecule has 84 valence electrons. The summed E-state index contributed by atoms with van der Waals surface area (Å²) in [6.45, 7) is 6.01. The standard InChI is InChI=1S/C11H18N2OS/c1-7(12-3)10-8(2)13-11(15-10)9-4-5-14-6-9/h7,9,12H,4-6H2,1-3H3. The fraction of sp³-hybridized carbons (Fsp3) is 0.727. The smallest absolute Gasteiger partial charge is 0.0986 e. The Balaban J connectivity index is 2.20. The highest BCUT2D eigenvalue weighted by atomic mass is 32.1. The van der Waals surface area contributed by atoms with Gasteiger partial charge in [-0.25, -0.2) is 4.98 Å². The molecule has 0 aromatic carbocycles. The second-order valence-electron chi connectivity index (χ2n) is 4.07. The predicted molar refractivity (Wildman–Crippen MR) is 62.5 cm³/mol. The minimum Gasteiger partial charge on any atom is -0.381 e. The van der Waals surface area contributed by atoms with Crippen molar-refractivity contribution in [3.8, 4) is 0 Å². The first-order chi connectivity index (χ1) is 7.22. The summed E-state index contributed by atoms with van der Waals surface area (Å²) >= 11 is 1.84. The van der Waals surface area contributed by atoms with Crippen LogP contribution in [0.5, 0.6) is 0 Å². The average molecular weight is 226 g/mol. The Labute approximate surface area is 94.9 Å². The van der Waals surface area contributed by atoms with Gasteiger partial charge in [0.2, 0.25) is 0 Å². The van der Waals surface area contributed by atoms with E-state index in [0.29, 0.717) is 12.0 Å². The van der Waals surface area contributed by atoms with Crippen LogP contribution in [-0.4, -0.2) is 25.2 Å². The Hall–Kier alpha value is -0.450. The number of rotatable bonds is 3. The predicted octanol–water partition coefficient (Wildman–Crippen LogP) is 2.24. The Bertz CT molecular complexity index is 331. The molecule has 2 heterocycles. The van der Waals surface area contributed by atoms with Gasteiger partial charge < -0.3 is 10.1 Å². The van der Waals surface area contributed by atoms with Gasteiger partial charge in [-0.15, -0.1) is 11.3 Å². The summed E-state index contributed by atoms with van der Waals surface area (Å²) in [5, 5.41) is 4.52. The van der Waals surface area contributed by atoms with Crippen molar-refractivity contribution < 1.29 is 4.74 Å². The van der Waals surface area contributed by atoms with Gasteiger partial charge in [0.05, 0.1) is 17.3 Å².